The van der Waals surface area contributed by atoms with Crippen LogP contribution in [0.2, 0.25) is 0 Å². The molecule has 0 radical (unpaired) electrons. The number of thioether (sulfide) groups is 1. The average Bonchev–Trinajstić information content (AvgIpc) is 2.53. The fraction of sp³-hybridized carbons (Fsp3) is 0.562. The van der Waals surface area contributed by atoms with Crippen molar-refractivity contribution in [3.63, 3.8) is 0 Å². The number of nitrogens with one attached hydrogen (secondary N) is 1. The van der Waals surface area contributed by atoms with E-state index in [-0.39, 0.29) is 18.6 Å². The zero-order valence-corrected chi connectivity index (χ0v) is 13.4. The molecule has 0 spiro atoms. The van der Waals surface area contributed by atoms with Crippen molar-refractivity contribution >= 4 is 23.5 Å². The molecule has 1 saturated heterocycles. The first-order valence-electron chi connectivity index (χ1n) is 7.56. The van der Waals surface area contributed by atoms with Crippen LogP contribution in [0, 0.1) is 5.92 Å². The van der Waals surface area contributed by atoms with E-state index in [2.05, 4.69) is 18.3 Å². The molecule has 0 saturated carbocycles. The maximum absolute atomic E-state index is 12.3. The van der Waals surface area contributed by atoms with Crippen molar-refractivity contribution in [2.45, 2.75) is 25.5 Å². The Morgan fingerprint density at radius 3 is 3.14 bits per heavy atom. The van der Waals surface area contributed by atoms with Gasteiger partial charge in [-0.3, -0.25) is 0 Å². The van der Waals surface area contributed by atoms with Gasteiger partial charge in [0.05, 0.1) is 0 Å². The molecule has 1 fully saturated rings. The average molecular weight is 308 g/mol. The first-order valence-corrected chi connectivity index (χ1v) is 8.72. The number of carbonyl (C=O) groups excluding carboxylic acids is 1. The number of urea groups is 1. The maximum Gasteiger partial charge on any atom is 0.321 e. The predicted octanol–water partition coefficient (Wildman–Crippen LogP) is 3.18. The second kappa shape index (κ2) is 8.29. The van der Waals surface area contributed by atoms with Gasteiger partial charge in [-0.2, -0.15) is 11.8 Å². The number of nitrogens with zero attached hydrogens (tertiary/aromatic N) is 1. The van der Waals surface area contributed by atoms with Crippen molar-refractivity contribution < 1.29 is 9.90 Å². The van der Waals surface area contributed by atoms with E-state index >= 15 is 0 Å². The van der Waals surface area contributed by atoms with E-state index in [1.54, 1.807) is 4.90 Å². The van der Waals surface area contributed by atoms with Gasteiger partial charge < -0.3 is 15.3 Å². The normalized spacial score (nSPS) is 18.6. The summed E-state index contributed by atoms with van der Waals surface area (Å²) in [6.07, 6.45) is 1.97. The highest BCUT2D eigenvalue weighted by molar-refractivity contribution is 7.98. The molecule has 5 heteroatoms. The van der Waals surface area contributed by atoms with E-state index in [9.17, 15) is 9.90 Å². The fourth-order valence-electron chi connectivity index (χ4n) is 2.56. The molecule has 1 aliphatic heterocycles. The molecule has 1 aromatic carbocycles. The number of anilines is 1. The van der Waals surface area contributed by atoms with Crippen molar-refractivity contribution in [3.8, 4) is 0 Å². The van der Waals surface area contributed by atoms with Crippen molar-refractivity contribution in [1.29, 1.82) is 0 Å². The minimum atomic E-state index is -0.0616. The summed E-state index contributed by atoms with van der Waals surface area (Å²) in [5.74, 6) is 2.28. The summed E-state index contributed by atoms with van der Waals surface area (Å²) in [7, 11) is 0. The first kappa shape index (κ1) is 16.2. The maximum atomic E-state index is 12.3. The number of piperidine rings is 1. The molecular weight excluding hydrogens is 284 g/mol. The highest BCUT2D eigenvalue weighted by atomic mass is 32.2. The van der Waals surface area contributed by atoms with Gasteiger partial charge in [0, 0.05) is 31.1 Å². The smallest absolute Gasteiger partial charge is 0.321 e. The molecule has 0 bridgehead atoms. The largest absolute Gasteiger partial charge is 0.396 e. The third-order valence-electron chi connectivity index (χ3n) is 3.72. The van der Waals surface area contributed by atoms with Gasteiger partial charge in [-0.15, -0.1) is 0 Å². The van der Waals surface area contributed by atoms with Gasteiger partial charge in [0.25, 0.3) is 0 Å². The summed E-state index contributed by atoms with van der Waals surface area (Å²) in [4.78, 5) is 14.1. The highest BCUT2D eigenvalue weighted by Crippen LogP contribution is 2.19. The molecule has 0 aromatic heterocycles. The Morgan fingerprint density at radius 1 is 1.52 bits per heavy atom. The van der Waals surface area contributed by atoms with Crippen LogP contribution in [-0.2, 0) is 5.75 Å². The van der Waals surface area contributed by atoms with Gasteiger partial charge in [0.2, 0.25) is 0 Å². The minimum absolute atomic E-state index is 0.0616. The lowest BCUT2D eigenvalue weighted by molar-refractivity contribution is 0.136. The predicted molar refractivity (Wildman–Crippen MR) is 88.7 cm³/mol. The lowest BCUT2D eigenvalue weighted by Crippen LogP contribution is -2.43. The topological polar surface area (TPSA) is 52.6 Å². The Balaban J connectivity index is 1.92. The summed E-state index contributed by atoms with van der Waals surface area (Å²) in [5, 5.41) is 12.2. The molecule has 1 aromatic rings. The van der Waals surface area contributed by atoms with Crippen LogP contribution in [0.25, 0.3) is 0 Å². The monoisotopic (exact) mass is 308 g/mol. The number of aliphatic hydroxyl groups is 1. The lowest BCUT2D eigenvalue weighted by atomic mass is 9.99. The van der Waals surface area contributed by atoms with Crippen LogP contribution in [0.3, 0.4) is 0 Å². The Morgan fingerprint density at radius 2 is 2.38 bits per heavy atom. The molecule has 4 nitrogen and oxygen atoms in total. The Bertz CT molecular complexity index is 467. The van der Waals surface area contributed by atoms with Gasteiger partial charge in [-0.1, -0.05) is 19.1 Å². The summed E-state index contributed by atoms with van der Waals surface area (Å²) < 4.78 is 0. The number of benzene rings is 1. The van der Waals surface area contributed by atoms with Crippen LogP contribution >= 0.6 is 11.8 Å². The zero-order valence-electron chi connectivity index (χ0n) is 12.5. The molecule has 0 unspecified atom stereocenters. The molecule has 2 N–H and O–H groups in total. The van der Waals surface area contributed by atoms with E-state index < -0.39 is 0 Å². The molecule has 0 aliphatic carbocycles. The standard InChI is InChI=1S/C16H24N2O2S/c1-2-21-12-13-5-3-7-15(9-13)17-16(20)18-8-4-6-14(10-18)11-19/h3,5,7,9,14,19H,2,4,6,8,10-12H2,1H3,(H,17,20)/t14-/m1/s1. The van der Waals surface area contributed by atoms with Crippen molar-refractivity contribution in [1.82, 2.24) is 4.90 Å². The van der Waals surface area contributed by atoms with Crippen molar-refractivity contribution in [2.24, 2.45) is 5.92 Å². The van der Waals surface area contributed by atoms with Gasteiger partial charge in [0.1, 0.15) is 0 Å². The molecule has 1 aliphatic rings. The minimum Gasteiger partial charge on any atom is -0.396 e. The number of rotatable bonds is 5. The second-order valence-electron chi connectivity index (χ2n) is 5.40. The van der Waals surface area contributed by atoms with Gasteiger partial charge in [0.15, 0.2) is 0 Å². The molecule has 1 heterocycles. The van der Waals surface area contributed by atoms with Crippen LogP contribution in [0.15, 0.2) is 24.3 Å². The van der Waals surface area contributed by atoms with E-state index in [0.29, 0.717) is 6.54 Å². The van der Waals surface area contributed by atoms with E-state index in [0.717, 1.165) is 36.6 Å². The second-order valence-corrected chi connectivity index (χ2v) is 6.68. The van der Waals surface area contributed by atoms with Crippen molar-refractivity contribution in [3.05, 3.63) is 29.8 Å². The number of likely N-dealkylation sites (tertiary alicyclic amines) is 1. The van der Waals surface area contributed by atoms with Crippen LogP contribution in [-0.4, -0.2) is 41.5 Å². The van der Waals surface area contributed by atoms with E-state index in [1.807, 2.05) is 30.0 Å². The van der Waals surface area contributed by atoms with E-state index in [4.69, 9.17) is 0 Å². The molecule has 21 heavy (non-hydrogen) atoms. The summed E-state index contributed by atoms with van der Waals surface area (Å²) in [5.41, 5.74) is 2.08. The summed E-state index contributed by atoms with van der Waals surface area (Å²) in [6.45, 7) is 3.72. The number of carbonyl (C=O) groups is 1. The summed E-state index contributed by atoms with van der Waals surface area (Å²) in [6, 6.07) is 7.96. The molecule has 1 atom stereocenters. The molecular formula is C16H24N2O2S. The Labute approximate surface area is 130 Å². The number of hydrogen-bond donors (Lipinski definition) is 2. The third kappa shape index (κ3) is 4.93. The SMILES string of the molecule is CCSCc1cccc(NC(=O)N2CCC[C@@H](CO)C2)c1. The van der Waals surface area contributed by atoms with Gasteiger partial charge in [-0.05, 0) is 42.2 Å². The Hall–Kier alpha value is -1.20. The third-order valence-corrected chi connectivity index (χ3v) is 4.66. The van der Waals surface area contributed by atoms with Crippen molar-refractivity contribution in [2.75, 3.05) is 30.8 Å². The van der Waals surface area contributed by atoms with Crippen LogP contribution in [0.4, 0.5) is 10.5 Å². The van der Waals surface area contributed by atoms with Gasteiger partial charge in [-0.25, -0.2) is 4.79 Å². The van der Waals surface area contributed by atoms with E-state index in [1.165, 1.54) is 5.56 Å². The fourth-order valence-corrected chi connectivity index (χ4v) is 3.18. The van der Waals surface area contributed by atoms with Gasteiger partial charge >= 0.3 is 6.03 Å². The quantitative estimate of drug-likeness (QED) is 0.878. The highest BCUT2D eigenvalue weighted by Gasteiger charge is 2.23. The van der Waals surface area contributed by atoms with Crippen LogP contribution < -0.4 is 5.32 Å². The Kier molecular flexibility index (Phi) is 6.39. The number of aliphatic hydroxyl groups excluding tert-OH is 1. The molecule has 2 rings (SSSR count). The number of amides is 2. The zero-order chi connectivity index (χ0) is 15.1. The molecule has 116 valence electrons. The molecule has 2 amide bonds. The first-order chi connectivity index (χ1) is 10.2. The number of hydrogen-bond acceptors (Lipinski definition) is 3. The van der Waals surface area contributed by atoms with Crippen LogP contribution in [0.1, 0.15) is 25.3 Å². The lowest BCUT2D eigenvalue weighted by Gasteiger charge is -2.31. The van der Waals surface area contributed by atoms with Crippen LogP contribution in [0.5, 0.6) is 0 Å². The summed E-state index contributed by atoms with van der Waals surface area (Å²) >= 11 is 1.87.